The molecule has 4 aromatic heterocycles. The van der Waals surface area contributed by atoms with Crippen LogP contribution in [-0.4, -0.2) is 19.9 Å². The fourth-order valence-electron chi connectivity index (χ4n) is 7.18. The average Bonchev–Trinajstić information content (AvgIpc) is 3.17. The molecule has 0 unspecified atom stereocenters. The number of nitrogens with zero attached hydrogens (tertiary/aromatic N) is 4. The summed E-state index contributed by atoms with van der Waals surface area (Å²) >= 11 is 0. The number of rotatable bonds is 4. The second-order valence-corrected chi connectivity index (χ2v) is 12.3. The maximum absolute atomic E-state index is 5.30. The highest BCUT2D eigenvalue weighted by molar-refractivity contribution is 6.27. The van der Waals surface area contributed by atoms with Crippen LogP contribution < -0.4 is 0 Å². The van der Waals surface area contributed by atoms with Crippen LogP contribution in [0.3, 0.4) is 0 Å². The molecular formula is C44H26N4. The van der Waals surface area contributed by atoms with Gasteiger partial charge in [0.05, 0.1) is 33.8 Å². The first-order chi connectivity index (χ1) is 23.8. The lowest BCUT2D eigenvalue weighted by molar-refractivity contribution is 1.27. The molecular weight excluding hydrogens is 585 g/mol. The van der Waals surface area contributed by atoms with Gasteiger partial charge >= 0.3 is 0 Å². The fraction of sp³-hybridized carbons (Fsp3) is 0. The third-order valence-corrected chi connectivity index (χ3v) is 9.53. The van der Waals surface area contributed by atoms with E-state index in [0.717, 1.165) is 61.3 Å². The summed E-state index contributed by atoms with van der Waals surface area (Å²) < 4.78 is 0. The summed E-state index contributed by atoms with van der Waals surface area (Å²) in [5, 5.41) is 9.50. The Balaban J connectivity index is 1.15. The lowest BCUT2D eigenvalue weighted by Gasteiger charge is -2.16. The van der Waals surface area contributed by atoms with Crippen LogP contribution in [0.1, 0.15) is 0 Å². The number of benzene rings is 6. The molecule has 0 atom stereocenters. The van der Waals surface area contributed by atoms with Crippen molar-refractivity contribution in [2.45, 2.75) is 0 Å². The number of hydrogen-bond acceptors (Lipinski definition) is 4. The third-order valence-electron chi connectivity index (χ3n) is 9.53. The van der Waals surface area contributed by atoms with Crippen LogP contribution in [-0.2, 0) is 0 Å². The lowest BCUT2D eigenvalue weighted by atomic mass is 9.88. The zero-order chi connectivity index (χ0) is 31.6. The fourth-order valence-corrected chi connectivity index (χ4v) is 7.18. The van der Waals surface area contributed by atoms with Gasteiger partial charge in [0.1, 0.15) is 0 Å². The van der Waals surface area contributed by atoms with Crippen molar-refractivity contribution in [2.24, 2.45) is 0 Å². The first kappa shape index (κ1) is 26.7. The van der Waals surface area contributed by atoms with E-state index in [2.05, 4.69) is 108 Å². The molecule has 0 saturated carbocycles. The van der Waals surface area contributed by atoms with E-state index in [9.17, 15) is 0 Å². The third kappa shape index (κ3) is 4.16. The Morgan fingerprint density at radius 2 is 0.917 bits per heavy atom. The Bertz CT molecular complexity index is 2810. The van der Waals surface area contributed by atoms with Crippen LogP contribution in [0.5, 0.6) is 0 Å². The van der Waals surface area contributed by atoms with Gasteiger partial charge < -0.3 is 0 Å². The Labute approximate surface area is 276 Å². The minimum Gasteiger partial charge on any atom is -0.256 e. The maximum atomic E-state index is 5.30. The quantitative estimate of drug-likeness (QED) is 0.186. The van der Waals surface area contributed by atoms with Crippen molar-refractivity contribution in [1.82, 2.24) is 19.9 Å². The molecule has 0 saturated heterocycles. The number of fused-ring (bicyclic) bond motifs is 3. The van der Waals surface area contributed by atoms with E-state index < -0.39 is 0 Å². The molecule has 10 aromatic rings. The molecule has 6 aromatic carbocycles. The van der Waals surface area contributed by atoms with E-state index in [4.69, 9.17) is 15.0 Å². The predicted molar refractivity (Wildman–Crippen MR) is 198 cm³/mol. The summed E-state index contributed by atoms with van der Waals surface area (Å²) in [5.41, 5.74) is 9.87. The van der Waals surface area contributed by atoms with Crippen molar-refractivity contribution >= 4 is 54.1 Å². The lowest BCUT2D eigenvalue weighted by Crippen LogP contribution is -1.93. The van der Waals surface area contributed by atoms with Gasteiger partial charge in [-0.3, -0.25) is 9.97 Å². The van der Waals surface area contributed by atoms with Gasteiger partial charge in [0.15, 0.2) is 0 Å². The van der Waals surface area contributed by atoms with Gasteiger partial charge in [-0.2, -0.15) is 0 Å². The number of hydrogen-bond donors (Lipinski definition) is 0. The summed E-state index contributed by atoms with van der Waals surface area (Å²) in [6.07, 6.45) is 3.80. The Morgan fingerprint density at radius 3 is 1.60 bits per heavy atom. The average molecular weight is 611 g/mol. The molecule has 0 N–H and O–H groups in total. The van der Waals surface area contributed by atoms with Gasteiger partial charge in [0.25, 0.3) is 0 Å². The van der Waals surface area contributed by atoms with E-state index >= 15 is 0 Å². The van der Waals surface area contributed by atoms with E-state index in [1.165, 1.54) is 37.9 Å². The zero-order valence-electron chi connectivity index (χ0n) is 25.8. The predicted octanol–water partition coefficient (Wildman–Crippen LogP) is 11.1. The molecule has 0 fully saturated rings. The molecule has 0 aliphatic rings. The zero-order valence-corrected chi connectivity index (χ0v) is 25.8. The van der Waals surface area contributed by atoms with Gasteiger partial charge in [-0.25, -0.2) is 9.97 Å². The summed E-state index contributed by atoms with van der Waals surface area (Å²) in [6.45, 7) is 0. The van der Waals surface area contributed by atoms with Crippen LogP contribution >= 0.6 is 0 Å². The Morgan fingerprint density at radius 1 is 0.333 bits per heavy atom. The Kier molecular flexibility index (Phi) is 5.84. The molecule has 0 bridgehead atoms. The first-order valence-electron chi connectivity index (χ1n) is 16.1. The minimum absolute atomic E-state index is 0.839. The number of pyridine rings is 4. The Hall–Kier alpha value is -6.52. The standard InChI is InChI=1S/C44H26N4/c1-2-6-27(7-3-1)37-22-17-32(26-46-37)33-18-11-28-14-21-36-34(19-12-29-13-20-35(33)41(28)42(29)36)38-23-15-30-9-10-31-16-24-40(39-8-4-5-25-45-39)48-44(31)43(30)47-38/h1-26H. The first-order valence-corrected chi connectivity index (χ1v) is 16.1. The summed E-state index contributed by atoms with van der Waals surface area (Å²) in [6, 6.07) is 51.1. The van der Waals surface area contributed by atoms with Crippen LogP contribution in [0, 0.1) is 0 Å². The molecule has 0 aliphatic carbocycles. The molecule has 0 aliphatic heterocycles. The highest BCUT2D eigenvalue weighted by atomic mass is 14.8. The monoisotopic (exact) mass is 610 g/mol. The largest absolute Gasteiger partial charge is 0.256 e. The number of aromatic nitrogens is 4. The van der Waals surface area contributed by atoms with E-state index in [-0.39, 0.29) is 0 Å². The van der Waals surface area contributed by atoms with Gasteiger partial charge in [0.2, 0.25) is 0 Å². The maximum Gasteiger partial charge on any atom is 0.0973 e. The topological polar surface area (TPSA) is 51.6 Å². The van der Waals surface area contributed by atoms with Crippen LogP contribution in [0.15, 0.2) is 158 Å². The molecule has 48 heavy (non-hydrogen) atoms. The van der Waals surface area contributed by atoms with Crippen molar-refractivity contribution in [3.8, 4) is 45.0 Å². The molecule has 0 amide bonds. The molecule has 10 rings (SSSR count). The van der Waals surface area contributed by atoms with E-state index in [0.29, 0.717) is 0 Å². The van der Waals surface area contributed by atoms with Crippen LogP contribution in [0.2, 0.25) is 0 Å². The molecule has 4 nitrogen and oxygen atoms in total. The van der Waals surface area contributed by atoms with Gasteiger partial charge in [0, 0.05) is 39.9 Å². The van der Waals surface area contributed by atoms with Crippen molar-refractivity contribution in [1.29, 1.82) is 0 Å². The van der Waals surface area contributed by atoms with Crippen molar-refractivity contribution < 1.29 is 0 Å². The smallest absolute Gasteiger partial charge is 0.0973 e. The normalized spacial score (nSPS) is 11.8. The van der Waals surface area contributed by atoms with Gasteiger partial charge in [-0.05, 0) is 68.2 Å². The summed E-state index contributed by atoms with van der Waals surface area (Å²) in [4.78, 5) is 19.7. The second kappa shape index (κ2) is 10.5. The summed E-state index contributed by atoms with van der Waals surface area (Å²) in [5.74, 6) is 0. The van der Waals surface area contributed by atoms with Crippen molar-refractivity contribution in [3.63, 3.8) is 0 Å². The summed E-state index contributed by atoms with van der Waals surface area (Å²) in [7, 11) is 0. The van der Waals surface area contributed by atoms with E-state index in [1.807, 2.05) is 48.7 Å². The van der Waals surface area contributed by atoms with Gasteiger partial charge in [-0.15, -0.1) is 0 Å². The van der Waals surface area contributed by atoms with Gasteiger partial charge in [-0.1, -0.05) is 115 Å². The molecule has 4 heteroatoms. The minimum atomic E-state index is 0.839. The molecule has 4 heterocycles. The van der Waals surface area contributed by atoms with Crippen LogP contribution in [0.25, 0.3) is 99.2 Å². The van der Waals surface area contributed by atoms with Crippen LogP contribution in [0.4, 0.5) is 0 Å². The molecule has 0 radical (unpaired) electrons. The van der Waals surface area contributed by atoms with Crippen molar-refractivity contribution in [2.75, 3.05) is 0 Å². The van der Waals surface area contributed by atoms with Crippen molar-refractivity contribution in [3.05, 3.63) is 158 Å². The SMILES string of the molecule is c1ccc(-c2ccc(-c3ccc4ccc5c(-c6ccc7ccc8ccc(-c9ccccn9)nc8c7n6)ccc6ccc3c4c65)cn2)cc1. The highest BCUT2D eigenvalue weighted by Gasteiger charge is 2.16. The van der Waals surface area contributed by atoms with E-state index in [1.54, 1.807) is 6.20 Å². The molecule has 0 spiro atoms. The molecule has 222 valence electrons. The highest BCUT2D eigenvalue weighted by Crippen LogP contribution is 2.42. The second-order valence-electron chi connectivity index (χ2n) is 12.3.